The molecule has 3 heterocycles. The van der Waals surface area contributed by atoms with Gasteiger partial charge >= 0.3 is 6.09 Å². The highest BCUT2D eigenvalue weighted by molar-refractivity contribution is 5.95. The molecule has 0 atom stereocenters. The summed E-state index contributed by atoms with van der Waals surface area (Å²) in [6.45, 7) is 13.3. The molecule has 0 bridgehead atoms. The van der Waals surface area contributed by atoms with Crippen LogP contribution in [0.1, 0.15) is 68.5 Å². The second kappa shape index (κ2) is 11.4. The van der Waals surface area contributed by atoms with Gasteiger partial charge in [0.2, 0.25) is 0 Å². The number of amides is 2. The molecule has 0 aliphatic heterocycles. The van der Waals surface area contributed by atoms with Gasteiger partial charge in [0.1, 0.15) is 17.0 Å². The SMILES string of the molecule is Cc1cc(-c2c(-c3cccc(C#N)c3)nn3ccc(C(=O)NCCC(C)(C)NC(=O)OC(C)(C)C)nc23)cc(C)n1. The van der Waals surface area contributed by atoms with Crippen molar-refractivity contribution in [2.75, 3.05) is 6.54 Å². The number of nitriles is 1. The first-order chi connectivity index (χ1) is 19.2. The van der Waals surface area contributed by atoms with Crippen molar-refractivity contribution in [2.24, 2.45) is 0 Å². The Morgan fingerprint density at radius 1 is 1.00 bits per heavy atom. The van der Waals surface area contributed by atoms with Crippen LogP contribution < -0.4 is 10.6 Å². The Labute approximate surface area is 239 Å². The molecular formula is C31H35N7O3. The largest absolute Gasteiger partial charge is 0.444 e. The Bertz CT molecular complexity index is 1640. The molecule has 41 heavy (non-hydrogen) atoms. The number of aromatic nitrogens is 4. The van der Waals surface area contributed by atoms with E-state index in [1.165, 1.54) is 0 Å². The van der Waals surface area contributed by atoms with Crippen LogP contribution in [0, 0.1) is 25.2 Å². The maximum Gasteiger partial charge on any atom is 0.408 e. The van der Waals surface area contributed by atoms with Crippen LogP contribution in [0.4, 0.5) is 4.79 Å². The first kappa shape index (κ1) is 29.2. The lowest BCUT2D eigenvalue weighted by Crippen LogP contribution is -2.47. The van der Waals surface area contributed by atoms with E-state index in [0.717, 1.165) is 28.1 Å². The monoisotopic (exact) mass is 553 g/mol. The molecule has 1 aromatic carbocycles. The van der Waals surface area contributed by atoms with Gasteiger partial charge in [0.25, 0.3) is 5.91 Å². The van der Waals surface area contributed by atoms with Crippen molar-refractivity contribution in [1.82, 2.24) is 30.2 Å². The number of rotatable bonds is 7. The molecule has 0 saturated carbocycles. The third kappa shape index (κ3) is 7.25. The molecule has 0 fully saturated rings. The topological polar surface area (TPSA) is 134 Å². The normalized spacial score (nSPS) is 11.7. The van der Waals surface area contributed by atoms with Gasteiger partial charge in [-0.2, -0.15) is 10.4 Å². The van der Waals surface area contributed by atoms with E-state index < -0.39 is 17.2 Å². The Morgan fingerprint density at radius 3 is 2.37 bits per heavy atom. The minimum atomic E-state index is -0.602. The van der Waals surface area contributed by atoms with Gasteiger partial charge in [-0.1, -0.05) is 12.1 Å². The van der Waals surface area contributed by atoms with E-state index in [-0.39, 0.29) is 11.6 Å². The predicted octanol–water partition coefficient (Wildman–Crippen LogP) is 5.37. The number of hydrogen-bond acceptors (Lipinski definition) is 7. The molecule has 0 radical (unpaired) electrons. The van der Waals surface area contributed by atoms with Crippen molar-refractivity contribution >= 4 is 17.6 Å². The van der Waals surface area contributed by atoms with Crippen molar-refractivity contribution < 1.29 is 14.3 Å². The Hall–Kier alpha value is -4.78. The van der Waals surface area contributed by atoms with Crippen LogP contribution in [0.2, 0.25) is 0 Å². The molecule has 0 saturated heterocycles. The summed E-state index contributed by atoms with van der Waals surface area (Å²) in [5, 5.41) is 20.0. The van der Waals surface area contributed by atoms with Gasteiger partial charge in [-0.15, -0.1) is 0 Å². The summed E-state index contributed by atoms with van der Waals surface area (Å²) in [6, 6.07) is 14.9. The molecule has 2 amide bonds. The van der Waals surface area contributed by atoms with E-state index in [1.54, 1.807) is 49.7 Å². The van der Waals surface area contributed by atoms with Crippen molar-refractivity contribution in [3.63, 3.8) is 0 Å². The first-order valence-corrected chi connectivity index (χ1v) is 13.4. The van der Waals surface area contributed by atoms with E-state index in [2.05, 4.69) is 21.7 Å². The Balaban J connectivity index is 1.63. The number of hydrogen-bond donors (Lipinski definition) is 2. The number of ether oxygens (including phenoxy) is 1. The van der Waals surface area contributed by atoms with E-state index in [4.69, 9.17) is 14.8 Å². The quantitative estimate of drug-likeness (QED) is 0.314. The van der Waals surface area contributed by atoms with Gasteiger partial charge in [-0.3, -0.25) is 9.78 Å². The van der Waals surface area contributed by atoms with Crippen molar-refractivity contribution in [1.29, 1.82) is 5.26 Å². The molecular weight excluding hydrogens is 518 g/mol. The average molecular weight is 554 g/mol. The van der Waals surface area contributed by atoms with Gasteiger partial charge in [-0.25, -0.2) is 14.3 Å². The summed E-state index contributed by atoms with van der Waals surface area (Å²) in [7, 11) is 0. The van der Waals surface area contributed by atoms with Crippen LogP contribution in [-0.4, -0.2) is 49.3 Å². The zero-order valence-electron chi connectivity index (χ0n) is 24.5. The predicted molar refractivity (Wildman–Crippen MR) is 156 cm³/mol. The fourth-order valence-electron chi connectivity index (χ4n) is 4.46. The maximum absolute atomic E-state index is 13.1. The zero-order chi connectivity index (χ0) is 29.9. The second-order valence-electron chi connectivity index (χ2n) is 11.7. The number of carbonyl (C=O) groups excluding carboxylic acids is 2. The zero-order valence-corrected chi connectivity index (χ0v) is 24.5. The average Bonchev–Trinajstić information content (AvgIpc) is 3.25. The molecule has 0 aliphatic carbocycles. The highest BCUT2D eigenvalue weighted by Gasteiger charge is 2.25. The highest BCUT2D eigenvalue weighted by Crippen LogP contribution is 2.35. The molecule has 3 aromatic heterocycles. The van der Waals surface area contributed by atoms with Crippen LogP contribution >= 0.6 is 0 Å². The minimum absolute atomic E-state index is 0.233. The van der Waals surface area contributed by atoms with E-state index in [9.17, 15) is 14.9 Å². The lowest BCUT2D eigenvalue weighted by Gasteiger charge is -2.28. The maximum atomic E-state index is 13.1. The number of nitrogens with one attached hydrogen (secondary N) is 2. The molecule has 212 valence electrons. The number of fused-ring (bicyclic) bond motifs is 1. The van der Waals surface area contributed by atoms with Gasteiger partial charge in [0.05, 0.1) is 17.2 Å². The van der Waals surface area contributed by atoms with Crippen LogP contribution in [-0.2, 0) is 4.74 Å². The molecule has 2 N–H and O–H groups in total. The lowest BCUT2D eigenvalue weighted by molar-refractivity contribution is 0.0468. The van der Waals surface area contributed by atoms with Gasteiger partial charge in [-0.05, 0) is 90.8 Å². The fraction of sp³-hybridized carbons (Fsp3) is 0.355. The van der Waals surface area contributed by atoms with Crippen LogP contribution in [0.15, 0.2) is 48.7 Å². The highest BCUT2D eigenvalue weighted by atomic mass is 16.6. The van der Waals surface area contributed by atoms with Gasteiger partial charge < -0.3 is 15.4 Å². The number of carbonyl (C=O) groups is 2. The van der Waals surface area contributed by atoms with Crippen molar-refractivity contribution in [3.05, 3.63) is 71.3 Å². The Kier molecular flexibility index (Phi) is 8.10. The standard InChI is InChI=1S/C31H35N7O3/c1-19-15-23(16-20(2)34-19)25-26(22-10-8-9-21(17-22)18-32)37-38-14-11-24(35-27(25)38)28(39)33-13-12-31(6,7)36-29(40)41-30(3,4)5/h8-11,14-17H,12-13H2,1-7H3,(H,33,39)(H,36,40). The van der Waals surface area contributed by atoms with Gasteiger partial charge in [0, 0.05) is 35.2 Å². The van der Waals surface area contributed by atoms with Crippen LogP contribution in [0.25, 0.3) is 28.0 Å². The number of nitrogens with zero attached hydrogens (tertiary/aromatic N) is 5. The minimum Gasteiger partial charge on any atom is -0.444 e. The van der Waals surface area contributed by atoms with Gasteiger partial charge in [0.15, 0.2) is 5.65 Å². The third-order valence-corrected chi connectivity index (χ3v) is 6.23. The van der Waals surface area contributed by atoms with E-state index in [1.807, 2.05) is 52.0 Å². The third-order valence-electron chi connectivity index (χ3n) is 6.23. The number of alkyl carbamates (subject to hydrolysis) is 1. The number of pyridine rings is 1. The second-order valence-corrected chi connectivity index (χ2v) is 11.7. The molecule has 10 nitrogen and oxygen atoms in total. The Morgan fingerprint density at radius 2 is 1.71 bits per heavy atom. The summed E-state index contributed by atoms with van der Waals surface area (Å²) in [6.07, 6.45) is 1.67. The molecule has 0 aliphatic rings. The van der Waals surface area contributed by atoms with Crippen LogP contribution in [0.3, 0.4) is 0 Å². The molecule has 0 unspecified atom stereocenters. The number of benzene rings is 1. The molecule has 10 heteroatoms. The van der Waals surface area contributed by atoms with Crippen molar-refractivity contribution in [3.8, 4) is 28.5 Å². The summed E-state index contributed by atoms with van der Waals surface area (Å²) in [5.41, 5.74) is 4.75. The smallest absolute Gasteiger partial charge is 0.408 e. The summed E-state index contributed by atoms with van der Waals surface area (Å²) >= 11 is 0. The molecule has 0 spiro atoms. The fourth-order valence-corrected chi connectivity index (χ4v) is 4.46. The summed E-state index contributed by atoms with van der Waals surface area (Å²) in [4.78, 5) is 34.5. The van der Waals surface area contributed by atoms with Crippen molar-refractivity contribution in [2.45, 2.75) is 66.0 Å². The molecule has 4 aromatic rings. The lowest BCUT2D eigenvalue weighted by atomic mass is 9.99. The first-order valence-electron chi connectivity index (χ1n) is 13.4. The number of aryl methyl sites for hydroxylation is 2. The van der Waals surface area contributed by atoms with E-state index in [0.29, 0.717) is 29.9 Å². The summed E-state index contributed by atoms with van der Waals surface area (Å²) in [5.74, 6) is -0.345. The summed E-state index contributed by atoms with van der Waals surface area (Å²) < 4.78 is 6.98. The van der Waals surface area contributed by atoms with E-state index >= 15 is 0 Å². The molecule has 4 rings (SSSR count). The van der Waals surface area contributed by atoms with Crippen LogP contribution in [0.5, 0.6) is 0 Å².